The first-order valence-electron chi connectivity index (χ1n) is 5.30. The first-order valence-corrected chi connectivity index (χ1v) is 5.30. The Morgan fingerprint density at radius 1 is 0.867 bits per heavy atom. The van der Waals surface area contributed by atoms with E-state index >= 15 is 0 Å². The van der Waals surface area contributed by atoms with Gasteiger partial charge in [0.2, 0.25) is 0 Å². The molecule has 0 aromatic heterocycles. The van der Waals surface area contributed by atoms with Crippen LogP contribution in [0.25, 0.3) is 11.1 Å². The van der Waals surface area contributed by atoms with Crippen LogP contribution in [-0.2, 0) is 0 Å². The van der Waals surface area contributed by atoms with E-state index in [0.717, 1.165) is 6.54 Å². The van der Waals surface area contributed by atoms with E-state index < -0.39 is 0 Å². The van der Waals surface area contributed by atoms with E-state index in [0.29, 0.717) is 0 Å². The molecule has 2 aromatic carbocycles. The molecule has 0 amide bonds. The molecule has 1 heteroatoms. The number of nitrogens with one attached hydrogen (secondary N) is 1. The van der Waals surface area contributed by atoms with Gasteiger partial charge in [0.15, 0.2) is 0 Å². The Hall–Kier alpha value is -1.76. The minimum atomic E-state index is 0.948. The average molecular weight is 197 g/mol. The molecule has 0 aliphatic rings. The molecule has 0 aliphatic heterocycles. The molecule has 0 saturated carbocycles. The van der Waals surface area contributed by atoms with Gasteiger partial charge in [0.05, 0.1) is 0 Å². The van der Waals surface area contributed by atoms with E-state index in [9.17, 15) is 0 Å². The summed E-state index contributed by atoms with van der Waals surface area (Å²) >= 11 is 0. The Morgan fingerprint density at radius 2 is 1.53 bits per heavy atom. The predicted octanol–water partition coefficient (Wildman–Crippen LogP) is 3.79. The van der Waals surface area contributed by atoms with Crippen LogP contribution in [0.3, 0.4) is 0 Å². The van der Waals surface area contributed by atoms with Gasteiger partial charge in [0, 0.05) is 17.8 Å². The lowest BCUT2D eigenvalue weighted by Crippen LogP contribution is -1.97. The van der Waals surface area contributed by atoms with E-state index in [-0.39, 0.29) is 0 Å². The maximum Gasteiger partial charge on any atom is 0.0419 e. The summed E-state index contributed by atoms with van der Waals surface area (Å²) in [6.07, 6.45) is 0. The SMILES string of the molecule is CCNc1ccccc1-c1ccccc1. The largest absolute Gasteiger partial charge is 0.385 e. The number of anilines is 1. The average Bonchev–Trinajstić information content (AvgIpc) is 2.31. The Labute approximate surface area is 90.8 Å². The molecule has 76 valence electrons. The van der Waals surface area contributed by atoms with E-state index in [4.69, 9.17) is 0 Å². The predicted molar refractivity (Wildman–Crippen MR) is 66.0 cm³/mol. The molecule has 2 rings (SSSR count). The van der Waals surface area contributed by atoms with Gasteiger partial charge in [-0.1, -0.05) is 48.5 Å². The van der Waals surface area contributed by atoms with Crippen LogP contribution in [0.1, 0.15) is 6.92 Å². The van der Waals surface area contributed by atoms with Crippen LogP contribution in [-0.4, -0.2) is 6.54 Å². The van der Waals surface area contributed by atoms with Crippen LogP contribution in [0, 0.1) is 0 Å². The maximum absolute atomic E-state index is 3.37. The lowest BCUT2D eigenvalue weighted by atomic mass is 10.0. The highest BCUT2D eigenvalue weighted by molar-refractivity contribution is 5.77. The fourth-order valence-electron chi connectivity index (χ4n) is 1.70. The van der Waals surface area contributed by atoms with Crippen molar-refractivity contribution in [1.82, 2.24) is 0 Å². The monoisotopic (exact) mass is 197 g/mol. The fraction of sp³-hybridized carbons (Fsp3) is 0.143. The van der Waals surface area contributed by atoms with Gasteiger partial charge >= 0.3 is 0 Å². The van der Waals surface area contributed by atoms with Crippen molar-refractivity contribution >= 4 is 5.69 Å². The minimum absolute atomic E-state index is 0.948. The molecule has 0 saturated heterocycles. The molecular formula is C14H15N. The van der Waals surface area contributed by atoms with E-state index in [2.05, 4.69) is 60.8 Å². The highest BCUT2D eigenvalue weighted by Crippen LogP contribution is 2.27. The number of para-hydroxylation sites is 1. The van der Waals surface area contributed by atoms with Crippen molar-refractivity contribution in [1.29, 1.82) is 0 Å². The summed E-state index contributed by atoms with van der Waals surface area (Å²) in [7, 11) is 0. The molecule has 2 aromatic rings. The number of benzene rings is 2. The molecule has 15 heavy (non-hydrogen) atoms. The number of hydrogen-bond acceptors (Lipinski definition) is 1. The first-order chi connectivity index (χ1) is 7.42. The van der Waals surface area contributed by atoms with Crippen LogP contribution in [0.15, 0.2) is 54.6 Å². The summed E-state index contributed by atoms with van der Waals surface area (Å²) in [5, 5.41) is 3.37. The second-order valence-corrected chi connectivity index (χ2v) is 3.44. The fourth-order valence-corrected chi connectivity index (χ4v) is 1.70. The smallest absolute Gasteiger partial charge is 0.0419 e. The van der Waals surface area contributed by atoms with E-state index in [1.165, 1.54) is 16.8 Å². The third-order valence-corrected chi connectivity index (χ3v) is 2.38. The third kappa shape index (κ3) is 2.18. The third-order valence-electron chi connectivity index (χ3n) is 2.38. The summed E-state index contributed by atoms with van der Waals surface area (Å²) in [6, 6.07) is 18.8. The van der Waals surface area contributed by atoms with Crippen molar-refractivity contribution in [3.8, 4) is 11.1 Å². The summed E-state index contributed by atoms with van der Waals surface area (Å²) in [5.41, 5.74) is 3.72. The van der Waals surface area contributed by atoms with Crippen molar-refractivity contribution < 1.29 is 0 Å². The van der Waals surface area contributed by atoms with Gasteiger partial charge in [-0.15, -0.1) is 0 Å². The second kappa shape index (κ2) is 4.65. The molecule has 0 spiro atoms. The van der Waals surface area contributed by atoms with Crippen molar-refractivity contribution in [3.63, 3.8) is 0 Å². The molecule has 0 atom stereocenters. The summed E-state index contributed by atoms with van der Waals surface area (Å²) < 4.78 is 0. The zero-order valence-electron chi connectivity index (χ0n) is 8.90. The topological polar surface area (TPSA) is 12.0 Å². The van der Waals surface area contributed by atoms with E-state index in [1.807, 2.05) is 6.07 Å². The van der Waals surface area contributed by atoms with Gasteiger partial charge in [-0.05, 0) is 18.6 Å². The normalized spacial score (nSPS) is 9.93. The van der Waals surface area contributed by atoms with Crippen molar-refractivity contribution in [3.05, 3.63) is 54.6 Å². The lowest BCUT2D eigenvalue weighted by molar-refractivity contribution is 1.21. The van der Waals surface area contributed by atoms with E-state index in [1.54, 1.807) is 0 Å². The molecule has 0 aliphatic carbocycles. The molecule has 1 N–H and O–H groups in total. The standard InChI is InChI=1S/C14H15N/c1-2-15-14-11-7-6-10-13(14)12-8-4-3-5-9-12/h3-11,15H,2H2,1H3. The van der Waals surface area contributed by atoms with Crippen molar-refractivity contribution in [2.45, 2.75) is 6.92 Å². The van der Waals surface area contributed by atoms with Crippen molar-refractivity contribution in [2.24, 2.45) is 0 Å². The van der Waals surface area contributed by atoms with Gasteiger partial charge in [0.25, 0.3) is 0 Å². The second-order valence-electron chi connectivity index (χ2n) is 3.44. The molecule has 0 bridgehead atoms. The molecule has 0 fully saturated rings. The van der Waals surface area contributed by atoms with Gasteiger partial charge in [-0.2, -0.15) is 0 Å². The van der Waals surface area contributed by atoms with Crippen LogP contribution < -0.4 is 5.32 Å². The lowest BCUT2D eigenvalue weighted by Gasteiger charge is -2.10. The minimum Gasteiger partial charge on any atom is -0.385 e. The zero-order valence-corrected chi connectivity index (χ0v) is 8.90. The summed E-state index contributed by atoms with van der Waals surface area (Å²) in [4.78, 5) is 0. The Bertz CT molecular complexity index is 420. The molecule has 1 nitrogen and oxygen atoms in total. The van der Waals surface area contributed by atoms with Gasteiger partial charge in [0.1, 0.15) is 0 Å². The first kappa shape index (κ1) is 9.78. The van der Waals surface area contributed by atoms with Gasteiger partial charge in [-0.25, -0.2) is 0 Å². The van der Waals surface area contributed by atoms with Crippen LogP contribution in [0.2, 0.25) is 0 Å². The van der Waals surface area contributed by atoms with Crippen LogP contribution >= 0.6 is 0 Å². The van der Waals surface area contributed by atoms with Crippen LogP contribution in [0.4, 0.5) is 5.69 Å². The Balaban J connectivity index is 2.43. The molecule has 0 heterocycles. The van der Waals surface area contributed by atoms with Gasteiger partial charge in [-0.3, -0.25) is 0 Å². The highest BCUT2D eigenvalue weighted by Gasteiger charge is 2.01. The Kier molecular flexibility index (Phi) is 3.03. The quantitative estimate of drug-likeness (QED) is 0.789. The molecule has 0 radical (unpaired) electrons. The highest BCUT2D eigenvalue weighted by atomic mass is 14.9. The van der Waals surface area contributed by atoms with Crippen LogP contribution in [0.5, 0.6) is 0 Å². The molecular weight excluding hydrogens is 182 g/mol. The maximum atomic E-state index is 3.37. The zero-order chi connectivity index (χ0) is 10.5. The van der Waals surface area contributed by atoms with Gasteiger partial charge < -0.3 is 5.32 Å². The summed E-state index contributed by atoms with van der Waals surface area (Å²) in [6.45, 7) is 3.06. The van der Waals surface area contributed by atoms with Crippen molar-refractivity contribution in [2.75, 3.05) is 11.9 Å². The molecule has 0 unspecified atom stereocenters. The number of rotatable bonds is 3. The number of hydrogen-bond donors (Lipinski definition) is 1. The summed E-state index contributed by atoms with van der Waals surface area (Å²) in [5.74, 6) is 0. The Morgan fingerprint density at radius 3 is 2.27 bits per heavy atom.